The number of nitrogens with zero attached hydrogens (tertiary/aromatic N) is 2. The molecule has 2 N–H and O–H groups in total. The van der Waals surface area contributed by atoms with Crippen LogP contribution >= 0.6 is 11.3 Å². The van der Waals surface area contributed by atoms with Crippen molar-refractivity contribution in [3.8, 4) is 0 Å². The minimum Gasteiger partial charge on any atom is -0.267 e. The van der Waals surface area contributed by atoms with Gasteiger partial charge in [0.15, 0.2) is 0 Å². The van der Waals surface area contributed by atoms with Gasteiger partial charge in [-0.05, 0) is 30.3 Å². The number of benzene rings is 2. The first-order valence-electron chi connectivity index (χ1n) is 9.56. The molecule has 2 aromatic carbocycles. The highest BCUT2D eigenvalue weighted by molar-refractivity contribution is 7.89. The first kappa shape index (κ1) is 23.3. The predicted molar refractivity (Wildman–Crippen MR) is 120 cm³/mol. The van der Waals surface area contributed by atoms with Crippen molar-refractivity contribution in [3.63, 3.8) is 0 Å². The molecule has 0 aliphatic carbocycles. The van der Waals surface area contributed by atoms with Gasteiger partial charge in [-0.15, -0.1) is 11.3 Å². The van der Waals surface area contributed by atoms with Gasteiger partial charge in [0.05, 0.1) is 14.7 Å². The van der Waals surface area contributed by atoms with Crippen molar-refractivity contribution >= 4 is 48.9 Å². The second-order valence-corrected chi connectivity index (χ2v) is 9.64. The highest BCUT2D eigenvalue weighted by atomic mass is 32.2. The van der Waals surface area contributed by atoms with E-state index in [1.54, 1.807) is 19.9 Å². The molecule has 0 unspecified atom stereocenters. The van der Waals surface area contributed by atoms with Crippen LogP contribution in [0.3, 0.4) is 0 Å². The van der Waals surface area contributed by atoms with Crippen molar-refractivity contribution in [2.45, 2.75) is 18.7 Å². The zero-order valence-corrected chi connectivity index (χ0v) is 18.8. The number of hydrazine groups is 1. The Kier molecular flexibility index (Phi) is 6.87. The van der Waals surface area contributed by atoms with Crippen molar-refractivity contribution in [3.05, 3.63) is 69.1 Å². The van der Waals surface area contributed by atoms with E-state index >= 15 is 0 Å². The number of amides is 2. The molecule has 3 aromatic rings. The van der Waals surface area contributed by atoms with Gasteiger partial charge >= 0.3 is 0 Å². The number of nitro benzene ring substituents is 1. The summed E-state index contributed by atoms with van der Waals surface area (Å²) < 4.78 is 27.3. The van der Waals surface area contributed by atoms with Crippen molar-refractivity contribution in [1.29, 1.82) is 0 Å². The van der Waals surface area contributed by atoms with Gasteiger partial charge in [0, 0.05) is 40.9 Å². The number of thiophene rings is 1. The summed E-state index contributed by atoms with van der Waals surface area (Å²) >= 11 is 1.12. The van der Waals surface area contributed by atoms with E-state index in [1.807, 2.05) is 0 Å². The minimum atomic E-state index is -3.74. The van der Waals surface area contributed by atoms with Crippen LogP contribution in [0.2, 0.25) is 0 Å². The highest BCUT2D eigenvalue weighted by Crippen LogP contribution is 2.28. The summed E-state index contributed by atoms with van der Waals surface area (Å²) in [5.41, 5.74) is 4.51. The van der Waals surface area contributed by atoms with Crippen molar-refractivity contribution in [2.24, 2.45) is 0 Å². The van der Waals surface area contributed by atoms with Gasteiger partial charge in [-0.1, -0.05) is 19.9 Å². The number of rotatable bonds is 7. The molecule has 2 amide bonds. The fraction of sp³-hybridized carbons (Fsp3) is 0.200. The summed E-state index contributed by atoms with van der Waals surface area (Å²) in [6.07, 6.45) is 0. The Morgan fingerprint density at radius 2 is 1.72 bits per heavy atom. The van der Waals surface area contributed by atoms with Gasteiger partial charge in [0.1, 0.15) is 0 Å². The SMILES string of the molecule is CCN(CC)S(=O)(=O)c1cccc(C(=O)NNC(=O)c2cc3cc([N+](=O)[O-])ccc3s2)c1. The van der Waals surface area contributed by atoms with Crippen LogP contribution in [0.1, 0.15) is 33.9 Å². The maximum atomic E-state index is 12.7. The van der Waals surface area contributed by atoms with Crippen molar-refractivity contribution in [2.75, 3.05) is 13.1 Å². The second-order valence-electron chi connectivity index (χ2n) is 6.62. The van der Waals surface area contributed by atoms with Gasteiger partial charge in [-0.2, -0.15) is 4.31 Å². The number of hydrogen-bond donors (Lipinski definition) is 2. The van der Waals surface area contributed by atoms with Crippen LogP contribution in [-0.2, 0) is 10.0 Å². The minimum absolute atomic E-state index is 0.0220. The standard InChI is InChI=1S/C20H20N4O6S2/c1-3-23(4-2)32(29,30)16-7-5-6-13(11-16)19(25)21-22-20(26)18-12-14-10-15(24(27)28)8-9-17(14)31-18/h5-12H,3-4H2,1-2H3,(H,21,25)(H,22,26). The molecule has 12 heteroatoms. The lowest BCUT2D eigenvalue weighted by Crippen LogP contribution is -2.41. The molecule has 32 heavy (non-hydrogen) atoms. The number of fused-ring (bicyclic) bond motifs is 1. The number of sulfonamides is 1. The van der Waals surface area contributed by atoms with E-state index in [0.29, 0.717) is 23.2 Å². The van der Waals surface area contributed by atoms with E-state index in [0.717, 1.165) is 11.3 Å². The number of hydrogen-bond acceptors (Lipinski definition) is 7. The Bertz CT molecular complexity index is 1300. The van der Waals surface area contributed by atoms with E-state index in [9.17, 15) is 28.1 Å². The first-order chi connectivity index (χ1) is 15.2. The van der Waals surface area contributed by atoms with Crippen molar-refractivity contribution in [1.82, 2.24) is 15.2 Å². The lowest BCUT2D eigenvalue weighted by molar-refractivity contribution is -0.384. The van der Waals surface area contributed by atoms with Gasteiger partial charge in [0.25, 0.3) is 17.5 Å². The van der Waals surface area contributed by atoms with E-state index in [-0.39, 0.29) is 21.0 Å². The normalized spacial score (nSPS) is 11.5. The molecule has 1 heterocycles. The van der Waals surface area contributed by atoms with Gasteiger partial charge in [-0.3, -0.25) is 30.6 Å². The van der Waals surface area contributed by atoms with E-state index in [1.165, 1.54) is 46.8 Å². The predicted octanol–water partition coefficient (Wildman–Crippen LogP) is 2.91. The lowest BCUT2D eigenvalue weighted by Gasteiger charge is -2.18. The molecule has 0 bridgehead atoms. The summed E-state index contributed by atoms with van der Waals surface area (Å²) in [7, 11) is -3.74. The number of carbonyl (C=O) groups excluding carboxylic acids is 2. The molecule has 10 nitrogen and oxygen atoms in total. The average molecular weight is 477 g/mol. The number of nitro groups is 1. The molecule has 0 fully saturated rings. The molecule has 1 aromatic heterocycles. The maximum Gasteiger partial charge on any atom is 0.279 e. The van der Waals surface area contributed by atoms with E-state index in [4.69, 9.17) is 0 Å². The third-order valence-corrected chi connectivity index (χ3v) is 7.82. The van der Waals surface area contributed by atoms with Crippen LogP contribution in [0.15, 0.2) is 53.4 Å². The molecule has 0 spiro atoms. The summed E-state index contributed by atoms with van der Waals surface area (Å²) in [5.74, 6) is -1.29. The Morgan fingerprint density at radius 3 is 2.38 bits per heavy atom. The Labute approximate surface area is 188 Å². The molecule has 0 saturated heterocycles. The lowest BCUT2D eigenvalue weighted by atomic mass is 10.2. The smallest absolute Gasteiger partial charge is 0.267 e. The molecule has 0 aliphatic rings. The zero-order chi connectivity index (χ0) is 23.5. The van der Waals surface area contributed by atoms with Gasteiger partial charge in [0.2, 0.25) is 10.0 Å². The van der Waals surface area contributed by atoms with Crippen molar-refractivity contribution < 1.29 is 22.9 Å². The topological polar surface area (TPSA) is 139 Å². The summed E-state index contributed by atoms with van der Waals surface area (Å²) in [5, 5.41) is 11.4. The van der Waals surface area contributed by atoms with E-state index in [2.05, 4.69) is 10.9 Å². The zero-order valence-electron chi connectivity index (χ0n) is 17.2. The molecular weight excluding hydrogens is 456 g/mol. The number of carbonyl (C=O) groups is 2. The summed E-state index contributed by atoms with van der Waals surface area (Å²) in [6.45, 7) is 4.03. The average Bonchev–Trinajstić information content (AvgIpc) is 3.21. The monoisotopic (exact) mass is 476 g/mol. The Morgan fingerprint density at radius 1 is 1.03 bits per heavy atom. The van der Waals surface area contributed by atoms with Gasteiger partial charge in [-0.25, -0.2) is 8.42 Å². The van der Waals surface area contributed by atoms with Gasteiger partial charge < -0.3 is 0 Å². The largest absolute Gasteiger partial charge is 0.279 e. The fourth-order valence-corrected chi connectivity index (χ4v) is 5.46. The molecule has 3 rings (SSSR count). The van der Waals surface area contributed by atoms with Crippen LogP contribution in [0, 0.1) is 10.1 Å². The molecule has 0 aliphatic heterocycles. The third-order valence-electron chi connectivity index (χ3n) is 4.66. The molecule has 0 atom stereocenters. The van der Waals surface area contributed by atoms with E-state index < -0.39 is 26.8 Å². The summed E-state index contributed by atoms with van der Waals surface area (Å²) in [4.78, 5) is 35.5. The number of nitrogens with one attached hydrogen (secondary N) is 2. The summed E-state index contributed by atoms with van der Waals surface area (Å²) in [6, 6.07) is 11.3. The van der Waals surface area contributed by atoms with Crippen LogP contribution in [0.4, 0.5) is 5.69 Å². The van der Waals surface area contributed by atoms with Crippen LogP contribution in [0.5, 0.6) is 0 Å². The van der Waals surface area contributed by atoms with Crippen LogP contribution < -0.4 is 10.9 Å². The maximum absolute atomic E-state index is 12.7. The second kappa shape index (κ2) is 9.42. The van der Waals surface area contributed by atoms with Crippen LogP contribution in [-0.4, -0.2) is 42.6 Å². The molecule has 0 saturated carbocycles. The Balaban J connectivity index is 1.72. The van der Waals surface area contributed by atoms with Crippen LogP contribution in [0.25, 0.3) is 10.1 Å². The Hall–Kier alpha value is -3.35. The molecule has 168 valence electrons. The molecular formula is C20H20N4O6S2. The molecule has 0 radical (unpaired) electrons. The highest BCUT2D eigenvalue weighted by Gasteiger charge is 2.22. The third kappa shape index (κ3) is 4.77. The first-order valence-corrected chi connectivity index (χ1v) is 11.8. The number of non-ortho nitro benzene ring substituents is 1. The fourth-order valence-electron chi connectivity index (χ4n) is 3.01. The quantitative estimate of drug-likeness (QED) is 0.397.